The van der Waals surface area contributed by atoms with Gasteiger partial charge in [-0.1, -0.05) is 0 Å². The van der Waals surface area contributed by atoms with Crippen LogP contribution < -0.4 is 10.6 Å². The Kier molecular flexibility index (Phi) is 6.39. The highest BCUT2D eigenvalue weighted by Crippen LogP contribution is 2.09. The maximum absolute atomic E-state index is 12.8. The number of halogens is 2. The van der Waals surface area contributed by atoms with E-state index in [0.29, 0.717) is 24.3 Å². The average Bonchev–Trinajstić information content (AvgIpc) is 2.30. The first kappa shape index (κ1) is 16.9. The first-order chi connectivity index (χ1) is 9.02. The maximum Gasteiger partial charge on any atom is 0.238 e. The smallest absolute Gasteiger partial charge is 0.238 e. The quantitative estimate of drug-likeness (QED) is 0.896. The molecule has 0 radical (unpaired) electrons. The number of piperazine rings is 1. The summed E-state index contributed by atoms with van der Waals surface area (Å²) in [4.78, 5) is 14.0. The minimum Gasteiger partial charge on any atom is -0.325 e. The van der Waals surface area contributed by atoms with Crippen LogP contribution in [0.2, 0.25) is 0 Å². The Hall–Kier alpha value is -1.17. The standard InChI is InChI=1S/C14H20FN3O.ClH/c1-10-7-18(8-11(2)16-10)9-14(19)17-13-5-3-12(15)4-6-13;/h3-6,10-11,16H,7-9H2,1-2H3,(H,17,19);1H. The zero-order valence-electron chi connectivity index (χ0n) is 11.7. The number of nitrogens with one attached hydrogen (secondary N) is 2. The van der Waals surface area contributed by atoms with Crippen molar-refractivity contribution in [3.8, 4) is 0 Å². The van der Waals surface area contributed by atoms with Gasteiger partial charge in [-0.05, 0) is 38.1 Å². The van der Waals surface area contributed by atoms with E-state index in [-0.39, 0.29) is 24.1 Å². The van der Waals surface area contributed by atoms with Crippen LogP contribution in [0.4, 0.5) is 10.1 Å². The van der Waals surface area contributed by atoms with Crippen molar-refractivity contribution in [3.63, 3.8) is 0 Å². The molecule has 1 fully saturated rings. The first-order valence-electron chi connectivity index (χ1n) is 6.57. The minimum absolute atomic E-state index is 0. The van der Waals surface area contributed by atoms with Gasteiger partial charge in [-0.2, -0.15) is 0 Å². The van der Waals surface area contributed by atoms with E-state index in [1.54, 1.807) is 12.1 Å². The first-order valence-corrected chi connectivity index (χ1v) is 6.57. The van der Waals surface area contributed by atoms with E-state index in [1.807, 2.05) is 0 Å². The summed E-state index contributed by atoms with van der Waals surface area (Å²) in [6.07, 6.45) is 0. The molecule has 2 N–H and O–H groups in total. The summed E-state index contributed by atoms with van der Waals surface area (Å²) in [7, 11) is 0. The number of hydrogen-bond acceptors (Lipinski definition) is 3. The highest BCUT2D eigenvalue weighted by atomic mass is 35.5. The van der Waals surface area contributed by atoms with Gasteiger partial charge in [0.15, 0.2) is 0 Å². The van der Waals surface area contributed by atoms with Crippen LogP contribution in [0.1, 0.15) is 13.8 Å². The van der Waals surface area contributed by atoms with Crippen LogP contribution >= 0.6 is 12.4 Å². The van der Waals surface area contributed by atoms with Gasteiger partial charge in [0.2, 0.25) is 5.91 Å². The number of carbonyl (C=O) groups excluding carboxylic acids is 1. The lowest BCUT2D eigenvalue weighted by molar-refractivity contribution is -0.117. The SMILES string of the molecule is CC1CN(CC(=O)Nc2ccc(F)cc2)CC(C)N1.Cl. The van der Waals surface area contributed by atoms with Gasteiger partial charge in [0.1, 0.15) is 5.82 Å². The van der Waals surface area contributed by atoms with Gasteiger partial charge in [-0.25, -0.2) is 4.39 Å². The number of rotatable bonds is 3. The zero-order valence-corrected chi connectivity index (χ0v) is 12.5. The lowest BCUT2D eigenvalue weighted by Crippen LogP contribution is -2.55. The minimum atomic E-state index is -0.303. The zero-order chi connectivity index (χ0) is 13.8. The summed E-state index contributed by atoms with van der Waals surface area (Å²) in [6.45, 7) is 6.32. The van der Waals surface area contributed by atoms with Crippen molar-refractivity contribution in [3.05, 3.63) is 30.1 Å². The van der Waals surface area contributed by atoms with E-state index in [1.165, 1.54) is 12.1 Å². The lowest BCUT2D eigenvalue weighted by Gasteiger charge is -2.35. The number of benzene rings is 1. The predicted octanol–water partition coefficient (Wildman–Crippen LogP) is 1.87. The van der Waals surface area contributed by atoms with Crippen molar-refractivity contribution >= 4 is 24.0 Å². The predicted molar refractivity (Wildman–Crippen MR) is 80.8 cm³/mol. The van der Waals surface area contributed by atoms with E-state index in [0.717, 1.165) is 13.1 Å². The van der Waals surface area contributed by atoms with Gasteiger partial charge in [-0.3, -0.25) is 9.69 Å². The van der Waals surface area contributed by atoms with Gasteiger partial charge in [-0.15, -0.1) is 12.4 Å². The molecule has 0 aromatic heterocycles. The van der Waals surface area contributed by atoms with E-state index < -0.39 is 0 Å². The number of anilines is 1. The van der Waals surface area contributed by atoms with Crippen molar-refractivity contribution in [2.75, 3.05) is 25.0 Å². The molecule has 2 unspecified atom stereocenters. The topological polar surface area (TPSA) is 44.4 Å². The molecule has 6 heteroatoms. The van der Waals surface area contributed by atoms with E-state index >= 15 is 0 Å². The van der Waals surface area contributed by atoms with Gasteiger partial charge in [0.05, 0.1) is 6.54 Å². The molecule has 1 aromatic carbocycles. The molecule has 1 saturated heterocycles. The Labute approximate surface area is 125 Å². The third-order valence-corrected chi connectivity index (χ3v) is 3.13. The van der Waals surface area contributed by atoms with E-state index in [2.05, 4.69) is 29.4 Å². The number of nitrogens with zero attached hydrogens (tertiary/aromatic N) is 1. The third-order valence-electron chi connectivity index (χ3n) is 3.13. The molecule has 112 valence electrons. The molecule has 0 aliphatic carbocycles. The molecule has 1 aromatic rings. The second kappa shape index (κ2) is 7.57. The van der Waals surface area contributed by atoms with Crippen molar-refractivity contribution in [1.82, 2.24) is 10.2 Å². The van der Waals surface area contributed by atoms with Crippen LogP contribution in [-0.2, 0) is 4.79 Å². The highest BCUT2D eigenvalue weighted by Gasteiger charge is 2.22. The normalized spacial score (nSPS) is 22.9. The van der Waals surface area contributed by atoms with Gasteiger partial charge in [0.25, 0.3) is 0 Å². The third kappa shape index (κ3) is 5.07. The summed E-state index contributed by atoms with van der Waals surface area (Å²) >= 11 is 0. The molecule has 1 aliphatic rings. The van der Waals surface area contributed by atoms with Gasteiger partial charge >= 0.3 is 0 Å². The molecule has 20 heavy (non-hydrogen) atoms. The average molecular weight is 302 g/mol. The summed E-state index contributed by atoms with van der Waals surface area (Å²) in [5.74, 6) is -0.365. The van der Waals surface area contributed by atoms with E-state index in [9.17, 15) is 9.18 Å². The van der Waals surface area contributed by atoms with Crippen LogP contribution in [-0.4, -0.2) is 42.5 Å². The number of carbonyl (C=O) groups is 1. The van der Waals surface area contributed by atoms with Crippen molar-refractivity contribution in [2.24, 2.45) is 0 Å². The summed E-state index contributed by atoms with van der Waals surface area (Å²) in [6, 6.07) is 6.59. The molecule has 0 spiro atoms. The Morgan fingerprint density at radius 3 is 2.40 bits per heavy atom. The molecule has 0 saturated carbocycles. The van der Waals surface area contributed by atoms with Crippen LogP contribution in [0, 0.1) is 5.82 Å². The second-order valence-corrected chi connectivity index (χ2v) is 5.22. The molecule has 1 amide bonds. The summed E-state index contributed by atoms with van der Waals surface area (Å²) in [5.41, 5.74) is 0.627. The molecule has 1 heterocycles. The second-order valence-electron chi connectivity index (χ2n) is 5.22. The number of amides is 1. The van der Waals surface area contributed by atoms with Crippen molar-refractivity contribution < 1.29 is 9.18 Å². The summed E-state index contributed by atoms with van der Waals surface area (Å²) < 4.78 is 12.8. The maximum atomic E-state index is 12.8. The Balaban J connectivity index is 0.00000200. The monoisotopic (exact) mass is 301 g/mol. The molecular weight excluding hydrogens is 281 g/mol. The largest absolute Gasteiger partial charge is 0.325 e. The Morgan fingerprint density at radius 2 is 1.85 bits per heavy atom. The van der Waals surface area contributed by atoms with Crippen LogP contribution in [0.3, 0.4) is 0 Å². The van der Waals surface area contributed by atoms with Gasteiger partial charge in [0, 0.05) is 30.9 Å². The fourth-order valence-corrected chi connectivity index (χ4v) is 2.51. The molecule has 1 aliphatic heterocycles. The molecule has 2 rings (SSSR count). The van der Waals surface area contributed by atoms with E-state index in [4.69, 9.17) is 0 Å². The van der Waals surface area contributed by atoms with Crippen molar-refractivity contribution in [2.45, 2.75) is 25.9 Å². The van der Waals surface area contributed by atoms with Crippen LogP contribution in [0.5, 0.6) is 0 Å². The molecule has 0 bridgehead atoms. The highest BCUT2D eigenvalue weighted by molar-refractivity contribution is 5.92. The molecule has 2 atom stereocenters. The van der Waals surface area contributed by atoms with Gasteiger partial charge < -0.3 is 10.6 Å². The Bertz CT molecular complexity index is 431. The fourth-order valence-electron chi connectivity index (χ4n) is 2.51. The van der Waals surface area contributed by atoms with Crippen molar-refractivity contribution in [1.29, 1.82) is 0 Å². The molecular formula is C14H21ClFN3O. The number of hydrogen-bond donors (Lipinski definition) is 2. The van der Waals surface area contributed by atoms with Crippen LogP contribution in [0.15, 0.2) is 24.3 Å². The molecule has 4 nitrogen and oxygen atoms in total. The Morgan fingerprint density at radius 1 is 1.30 bits per heavy atom. The summed E-state index contributed by atoms with van der Waals surface area (Å²) in [5, 5.41) is 6.20. The fraction of sp³-hybridized carbons (Fsp3) is 0.500. The van der Waals surface area contributed by atoms with Crippen LogP contribution in [0.25, 0.3) is 0 Å². The lowest BCUT2D eigenvalue weighted by atomic mass is 10.1.